The van der Waals surface area contributed by atoms with Crippen LogP contribution >= 0.6 is 12.2 Å². The Hall–Kier alpha value is -3.58. The topological polar surface area (TPSA) is 79.3 Å². The number of aryl methyl sites for hydroxylation is 2. The van der Waals surface area contributed by atoms with Gasteiger partial charge in [-0.05, 0) is 49.2 Å². The van der Waals surface area contributed by atoms with Gasteiger partial charge in [0, 0.05) is 35.0 Å². The maximum Gasteiger partial charge on any atom is 0.288 e. The van der Waals surface area contributed by atoms with Gasteiger partial charge in [0.25, 0.3) is 11.4 Å². The molecule has 152 valence electrons. The standard InChI is InChI=1S/C23H21N3O3S/c1-3-17-7-4-8-19(14-17)24-23(30)21(25-13-5-6-16(2)15-25)22(27)18-9-11-20(12-10-18)26(28)29/h4-15H,3H2,1-2H3,(H-,24,27,30)/p+1. The van der Waals surface area contributed by atoms with Gasteiger partial charge >= 0.3 is 0 Å². The average Bonchev–Trinajstić information content (AvgIpc) is 2.74. The third kappa shape index (κ3) is 4.87. The minimum absolute atomic E-state index is 0.0478. The van der Waals surface area contributed by atoms with Gasteiger partial charge < -0.3 is 10.4 Å². The predicted molar refractivity (Wildman–Crippen MR) is 122 cm³/mol. The first-order valence-electron chi connectivity index (χ1n) is 9.45. The average molecular weight is 421 g/mol. The van der Waals surface area contributed by atoms with Crippen LogP contribution in [0.4, 0.5) is 11.4 Å². The second kappa shape index (κ2) is 9.28. The number of nitrogens with zero attached hydrogens (tertiary/aromatic N) is 2. The van der Waals surface area contributed by atoms with Gasteiger partial charge in [0.05, 0.1) is 4.92 Å². The molecule has 2 N–H and O–H groups in total. The van der Waals surface area contributed by atoms with Crippen LogP contribution in [0.5, 0.6) is 0 Å². The summed E-state index contributed by atoms with van der Waals surface area (Å²) in [4.78, 5) is 10.8. The minimum Gasteiger partial charge on any atom is -0.502 e. The maximum atomic E-state index is 11.1. The van der Waals surface area contributed by atoms with E-state index in [0.29, 0.717) is 16.2 Å². The van der Waals surface area contributed by atoms with Crippen LogP contribution in [0.3, 0.4) is 0 Å². The number of rotatable bonds is 6. The van der Waals surface area contributed by atoms with Crippen LogP contribution in [0.15, 0.2) is 73.1 Å². The van der Waals surface area contributed by atoms with Crippen molar-refractivity contribution in [1.82, 2.24) is 0 Å². The van der Waals surface area contributed by atoms with E-state index in [1.165, 1.54) is 24.3 Å². The smallest absolute Gasteiger partial charge is 0.288 e. The SMILES string of the molecule is CCc1cccc(NC(=S)C(=C(O)c2ccc([N+](=O)[O-])cc2)[n+]2cccc(C)c2)c1. The number of nitro groups is 1. The quantitative estimate of drug-likeness (QED) is 0.145. The Labute approximate surface area is 180 Å². The Balaban J connectivity index is 2.06. The highest BCUT2D eigenvalue weighted by Crippen LogP contribution is 2.22. The molecule has 0 unspecified atom stereocenters. The third-order valence-electron chi connectivity index (χ3n) is 4.59. The molecule has 0 fully saturated rings. The Kier molecular flexibility index (Phi) is 6.54. The van der Waals surface area contributed by atoms with Crippen molar-refractivity contribution in [2.24, 2.45) is 0 Å². The lowest BCUT2D eigenvalue weighted by molar-refractivity contribution is -0.576. The molecule has 0 aliphatic rings. The van der Waals surface area contributed by atoms with E-state index in [4.69, 9.17) is 12.2 Å². The second-order valence-electron chi connectivity index (χ2n) is 6.80. The Morgan fingerprint density at radius 3 is 2.53 bits per heavy atom. The molecular formula is C23H22N3O3S+. The summed E-state index contributed by atoms with van der Waals surface area (Å²) >= 11 is 5.65. The number of aliphatic hydroxyl groups excluding tert-OH is 1. The van der Waals surface area contributed by atoms with E-state index in [2.05, 4.69) is 12.2 Å². The Morgan fingerprint density at radius 2 is 1.90 bits per heavy atom. The van der Waals surface area contributed by atoms with Crippen molar-refractivity contribution in [2.45, 2.75) is 20.3 Å². The second-order valence-corrected chi connectivity index (χ2v) is 7.21. The molecule has 0 amide bonds. The molecule has 2 aromatic carbocycles. The first-order chi connectivity index (χ1) is 14.4. The molecule has 0 aliphatic heterocycles. The summed E-state index contributed by atoms with van der Waals surface area (Å²) in [6.07, 6.45) is 4.54. The summed E-state index contributed by atoms with van der Waals surface area (Å²) in [6.45, 7) is 4.02. The molecule has 30 heavy (non-hydrogen) atoms. The molecule has 0 aliphatic carbocycles. The number of anilines is 1. The summed E-state index contributed by atoms with van der Waals surface area (Å²) < 4.78 is 1.74. The zero-order chi connectivity index (χ0) is 21.7. The van der Waals surface area contributed by atoms with E-state index < -0.39 is 4.92 Å². The molecule has 3 rings (SSSR count). The number of pyridine rings is 1. The molecule has 0 bridgehead atoms. The number of hydrogen-bond acceptors (Lipinski definition) is 4. The molecule has 1 aromatic heterocycles. The number of thiocarbonyl (C=S) groups is 1. The molecular weight excluding hydrogens is 398 g/mol. The zero-order valence-electron chi connectivity index (χ0n) is 16.7. The first-order valence-corrected chi connectivity index (χ1v) is 9.86. The van der Waals surface area contributed by atoms with Gasteiger partial charge in [-0.2, -0.15) is 4.57 Å². The van der Waals surface area contributed by atoms with Crippen LogP contribution < -0.4 is 9.88 Å². The molecule has 3 aromatic rings. The lowest BCUT2D eigenvalue weighted by Gasteiger charge is -2.11. The molecule has 6 nitrogen and oxygen atoms in total. The summed E-state index contributed by atoms with van der Waals surface area (Å²) in [7, 11) is 0. The summed E-state index contributed by atoms with van der Waals surface area (Å²) in [6, 6.07) is 17.4. The van der Waals surface area contributed by atoms with Crippen molar-refractivity contribution in [3.63, 3.8) is 0 Å². The Morgan fingerprint density at radius 1 is 1.17 bits per heavy atom. The molecule has 7 heteroatoms. The molecule has 0 saturated heterocycles. The van der Waals surface area contributed by atoms with Gasteiger partial charge in [0.1, 0.15) is 0 Å². The minimum atomic E-state index is -0.479. The fraction of sp³-hybridized carbons (Fsp3) is 0.130. The third-order valence-corrected chi connectivity index (χ3v) is 4.89. The number of non-ortho nitro benzene ring substituents is 1. The maximum absolute atomic E-state index is 11.1. The van der Waals surface area contributed by atoms with Crippen molar-refractivity contribution in [3.05, 3.63) is 99.9 Å². The number of nitrogens with one attached hydrogen (secondary N) is 1. The molecule has 0 saturated carbocycles. The van der Waals surface area contributed by atoms with Gasteiger partial charge in [0.15, 0.2) is 23.1 Å². The fourth-order valence-electron chi connectivity index (χ4n) is 3.02. The lowest BCUT2D eigenvalue weighted by Crippen LogP contribution is -2.38. The fourth-order valence-corrected chi connectivity index (χ4v) is 3.34. The highest BCUT2D eigenvalue weighted by atomic mass is 32.1. The van der Waals surface area contributed by atoms with Crippen LogP contribution in [-0.4, -0.2) is 15.0 Å². The van der Waals surface area contributed by atoms with E-state index >= 15 is 0 Å². The van der Waals surface area contributed by atoms with Crippen LogP contribution in [-0.2, 0) is 6.42 Å². The number of aromatic nitrogens is 1. The molecule has 0 radical (unpaired) electrons. The predicted octanol–water partition coefficient (Wildman–Crippen LogP) is 5.08. The highest BCUT2D eigenvalue weighted by molar-refractivity contribution is 7.81. The van der Waals surface area contributed by atoms with Gasteiger partial charge in [0.2, 0.25) is 0 Å². The molecule has 0 atom stereocenters. The largest absolute Gasteiger partial charge is 0.502 e. The van der Waals surface area contributed by atoms with E-state index in [-0.39, 0.29) is 11.4 Å². The van der Waals surface area contributed by atoms with E-state index in [0.717, 1.165) is 23.2 Å². The van der Waals surface area contributed by atoms with Gasteiger partial charge in [-0.25, -0.2) is 0 Å². The van der Waals surface area contributed by atoms with Crippen molar-refractivity contribution in [1.29, 1.82) is 0 Å². The van der Waals surface area contributed by atoms with E-state index in [1.54, 1.807) is 10.8 Å². The van der Waals surface area contributed by atoms with Crippen molar-refractivity contribution in [2.75, 3.05) is 5.32 Å². The van der Waals surface area contributed by atoms with E-state index in [9.17, 15) is 15.2 Å². The van der Waals surface area contributed by atoms with Crippen molar-refractivity contribution >= 4 is 40.0 Å². The number of benzene rings is 2. The first kappa shape index (κ1) is 21.1. The molecule has 1 heterocycles. The summed E-state index contributed by atoms with van der Waals surface area (Å²) in [5, 5.41) is 25.2. The van der Waals surface area contributed by atoms with Crippen molar-refractivity contribution < 1.29 is 14.6 Å². The number of aliphatic hydroxyl groups is 1. The van der Waals surface area contributed by atoms with Crippen LogP contribution in [0.1, 0.15) is 23.6 Å². The lowest BCUT2D eigenvalue weighted by atomic mass is 10.1. The van der Waals surface area contributed by atoms with Gasteiger partial charge in [-0.15, -0.1) is 0 Å². The van der Waals surface area contributed by atoms with Crippen LogP contribution in [0.25, 0.3) is 11.5 Å². The monoisotopic (exact) mass is 420 g/mol. The normalized spacial score (nSPS) is 11.5. The number of hydrogen-bond donors (Lipinski definition) is 2. The van der Waals surface area contributed by atoms with E-state index in [1.807, 2.05) is 49.5 Å². The van der Waals surface area contributed by atoms with Gasteiger partial charge in [-0.3, -0.25) is 10.1 Å². The zero-order valence-corrected chi connectivity index (χ0v) is 17.5. The van der Waals surface area contributed by atoms with Crippen molar-refractivity contribution in [3.8, 4) is 0 Å². The highest BCUT2D eigenvalue weighted by Gasteiger charge is 2.24. The van der Waals surface area contributed by atoms with Crippen LogP contribution in [0, 0.1) is 17.0 Å². The molecule has 0 spiro atoms. The summed E-state index contributed by atoms with van der Waals surface area (Å²) in [5.74, 6) is -0.0790. The van der Waals surface area contributed by atoms with Gasteiger partial charge in [-0.1, -0.05) is 31.3 Å². The summed E-state index contributed by atoms with van der Waals surface area (Å²) in [5.41, 5.74) is 3.73. The van der Waals surface area contributed by atoms with Crippen LogP contribution in [0.2, 0.25) is 0 Å². The Bertz CT molecular complexity index is 1120. The number of nitro benzene ring substituents is 1.